The fourth-order valence-corrected chi connectivity index (χ4v) is 1.51. The van der Waals surface area contributed by atoms with Crippen molar-refractivity contribution in [3.63, 3.8) is 0 Å². The van der Waals surface area contributed by atoms with E-state index in [1.54, 1.807) is 0 Å². The van der Waals surface area contributed by atoms with Crippen LogP contribution in [0.1, 0.15) is 12.5 Å². The molecule has 0 aliphatic carbocycles. The molecule has 4 heteroatoms. The summed E-state index contributed by atoms with van der Waals surface area (Å²) >= 11 is 3.40. The number of guanidine groups is 1. The lowest BCUT2D eigenvalue weighted by molar-refractivity contribution is 1.14. The number of hydrogen-bond donors (Lipinski definition) is 2. The van der Waals surface area contributed by atoms with Crippen molar-refractivity contribution < 1.29 is 0 Å². The van der Waals surface area contributed by atoms with Gasteiger partial charge in [-0.1, -0.05) is 13.0 Å². The van der Waals surface area contributed by atoms with Crippen molar-refractivity contribution in [2.45, 2.75) is 13.3 Å². The smallest absolute Gasteiger partial charge is 0.191 e. The third-order valence-electron chi connectivity index (χ3n) is 1.67. The minimum atomic E-state index is 0.0740. The van der Waals surface area contributed by atoms with E-state index in [1.807, 2.05) is 18.2 Å². The van der Waals surface area contributed by atoms with Gasteiger partial charge in [-0.2, -0.15) is 0 Å². The van der Waals surface area contributed by atoms with Gasteiger partial charge in [-0.25, -0.2) is 4.99 Å². The van der Waals surface area contributed by atoms with E-state index in [9.17, 15) is 0 Å². The van der Waals surface area contributed by atoms with E-state index in [1.165, 1.54) is 5.56 Å². The molecule has 1 aromatic rings. The summed E-state index contributed by atoms with van der Waals surface area (Å²) in [5.74, 6) is 0.0740. The van der Waals surface area contributed by atoms with Gasteiger partial charge in [0.25, 0.3) is 0 Å². The minimum absolute atomic E-state index is 0.0740. The summed E-state index contributed by atoms with van der Waals surface area (Å²) in [6.07, 6.45) is 1.00. The zero-order chi connectivity index (χ0) is 9.84. The highest BCUT2D eigenvalue weighted by Gasteiger charge is 1.98. The first-order valence-corrected chi connectivity index (χ1v) is 4.81. The Hall–Kier alpha value is -1.03. The van der Waals surface area contributed by atoms with Gasteiger partial charge in [0.2, 0.25) is 0 Å². The normalized spacial score (nSPS) is 9.69. The van der Waals surface area contributed by atoms with Gasteiger partial charge in [0, 0.05) is 4.47 Å². The number of nitrogens with two attached hydrogens (primary N) is 2. The number of halogens is 1. The molecule has 3 nitrogen and oxygen atoms in total. The second kappa shape index (κ2) is 4.28. The van der Waals surface area contributed by atoms with Gasteiger partial charge in [-0.15, -0.1) is 0 Å². The Morgan fingerprint density at radius 1 is 1.46 bits per heavy atom. The molecule has 1 aromatic carbocycles. The van der Waals surface area contributed by atoms with Crippen molar-refractivity contribution in [2.24, 2.45) is 16.5 Å². The van der Waals surface area contributed by atoms with Gasteiger partial charge in [0.05, 0.1) is 5.69 Å². The molecule has 0 fully saturated rings. The first-order chi connectivity index (χ1) is 6.13. The third-order valence-corrected chi connectivity index (χ3v) is 2.31. The highest BCUT2D eigenvalue weighted by molar-refractivity contribution is 9.10. The van der Waals surface area contributed by atoms with Gasteiger partial charge in [-0.05, 0) is 40.0 Å². The average Bonchev–Trinajstić information content (AvgIpc) is 2.08. The first kappa shape index (κ1) is 10.1. The SMILES string of the molecule is CCc1ccc(N=C(N)N)c(Br)c1. The van der Waals surface area contributed by atoms with E-state index in [4.69, 9.17) is 11.5 Å². The summed E-state index contributed by atoms with van der Waals surface area (Å²) < 4.78 is 0.917. The van der Waals surface area contributed by atoms with Crippen LogP contribution in [0.25, 0.3) is 0 Å². The van der Waals surface area contributed by atoms with Crippen molar-refractivity contribution in [1.82, 2.24) is 0 Å². The predicted octanol–water partition coefficient (Wildman–Crippen LogP) is 1.92. The Labute approximate surface area is 86.0 Å². The quantitative estimate of drug-likeness (QED) is 0.614. The number of hydrogen-bond acceptors (Lipinski definition) is 1. The maximum Gasteiger partial charge on any atom is 0.191 e. The van der Waals surface area contributed by atoms with Crippen molar-refractivity contribution >= 4 is 27.6 Å². The molecule has 0 amide bonds. The molecule has 0 radical (unpaired) electrons. The maximum absolute atomic E-state index is 5.27. The molecule has 0 atom stereocenters. The molecule has 0 unspecified atom stereocenters. The summed E-state index contributed by atoms with van der Waals surface area (Å²) in [7, 11) is 0. The Kier molecular flexibility index (Phi) is 3.31. The Balaban J connectivity index is 3.05. The molecule has 70 valence electrons. The van der Waals surface area contributed by atoms with Crippen LogP contribution >= 0.6 is 15.9 Å². The van der Waals surface area contributed by atoms with Gasteiger partial charge >= 0.3 is 0 Å². The molecule has 0 bridgehead atoms. The lowest BCUT2D eigenvalue weighted by Crippen LogP contribution is -2.21. The zero-order valence-corrected chi connectivity index (χ0v) is 9.01. The minimum Gasteiger partial charge on any atom is -0.370 e. The largest absolute Gasteiger partial charge is 0.370 e. The van der Waals surface area contributed by atoms with E-state index in [2.05, 4.69) is 27.8 Å². The van der Waals surface area contributed by atoms with Crippen molar-refractivity contribution in [3.8, 4) is 0 Å². The molecule has 0 heterocycles. The summed E-state index contributed by atoms with van der Waals surface area (Å²) in [5.41, 5.74) is 12.6. The van der Waals surface area contributed by atoms with Gasteiger partial charge < -0.3 is 11.5 Å². The van der Waals surface area contributed by atoms with Crippen LogP contribution < -0.4 is 11.5 Å². The first-order valence-electron chi connectivity index (χ1n) is 4.01. The molecule has 0 spiro atoms. The number of aliphatic imine (C=N–C) groups is 1. The van der Waals surface area contributed by atoms with E-state index in [0.29, 0.717) is 0 Å². The molecule has 0 saturated carbocycles. The summed E-state index contributed by atoms with van der Waals surface area (Å²) in [4.78, 5) is 3.96. The standard InChI is InChI=1S/C9H12BrN3/c1-2-6-3-4-8(7(10)5-6)13-9(11)12/h3-5H,2H2,1H3,(H4,11,12,13). The van der Waals surface area contributed by atoms with Crippen LogP contribution in [0, 0.1) is 0 Å². The number of aryl methyl sites for hydroxylation is 1. The monoisotopic (exact) mass is 241 g/mol. The lowest BCUT2D eigenvalue weighted by atomic mass is 10.1. The molecule has 4 N–H and O–H groups in total. The van der Waals surface area contributed by atoms with Gasteiger partial charge in [0.15, 0.2) is 5.96 Å². The Morgan fingerprint density at radius 2 is 2.15 bits per heavy atom. The summed E-state index contributed by atoms with van der Waals surface area (Å²) in [5, 5.41) is 0. The van der Waals surface area contributed by atoms with Crippen molar-refractivity contribution in [2.75, 3.05) is 0 Å². The number of benzene rings is 1. The summed E-state index contributed by atoms with van der Waals surface area (Å²) in [6.45, 7) is 2.10. The fourth-order valence-electron chi connectivity index (χ4n) is 1.00. The molecule has 0 aliphatic rings. The Morgan fingerprint density at radius 3 is 2.62 bits per heavy atom. The van der Waals surface area contributed by atoms with Crippen LogP contribution in [0.3, 0.4) is 0 Å². The lowest BCUT2D eigenvalue weighted by Gasteiger charge is -2.01. The Bertz CT molecular complexity index is 330. The molecule has 0 saturated heterocycles. The van der Waals surface area contributed by atoms with Crippen LogP contribution in [0.4, 0.5) is 5.69 Å². The fraction of sp³-hybridized carbons (Fsp3) is 0.222. The van der Waals surface area contributed by atoms with Crippen LogP contribution in [-0.4, -0.2) is 5.96 Å². The molecule has 1 rings (SSSR count). The van der Waals surface area contributed by atoms with Crippen molar-refractivity contribution in [1.29, 1.82) is 0 Å². The second-order valence-corrected chi connectivity index (χ2v) is 3.53. The molecule has 13 heavy (non-hydrogen) atoms. The van der Waals surface area contributed by atoms with Crippen LogP contribution in [0.15, 0.2) is 27.7 Å². The molecule has 0 aromatic heterocycles. The number of nitrogens with zero attached hydrogens (tertiary/aromatic N) is 1. The van der Waals surface area contributed by atoms with Gasteiger partial charge in [-0.3, -0.25) is 0 Å². The van der Waals surface area contributed by atoms with E-state index in [-0.39, 0.29) is 5.96 Å². The molecule has 0 aliphatic heterocycles. The summed E-state index contributed by atoms with van der Waals surface area (Å²) in [6, 6.07) is 5.91. The zero-order valence-electron chi connectivity index (χ0n) is 7.42. The van der Waals surface area contributed by atoms with E-state index >= 15 is 0 Å². The second-order valence-electron chi connectivity index (χ2n) is 2.68. The molecular formula is C9H12BrN3. The van der Waals surface area contributed by atoms with Crippen LogP contribution in [-0.2, 0) is 6.42 Å². The van der Waals surface area contributed by atoms with Gasteiger partial charge in [0.1, 0.15) is 0 Å². The third kappa shape index (κ3) is 2.73. The average molecular weight is 242 g/mol. The van der Waals surface area contributed by atoms with Crippen LogP contribution in [0.5, 0.6) is 0 Å². The molecular weight excluding hydrogens is 230 g/mol. The highest BCUT2D eigenvalue weighted by atomic mass is 79.9. The van der Waals surface area contributed by atoms with E-state index in [0.717, 1.165) is 16.6 Å². The maximum atomic E-state index is 5.27. The van der Waals surface area contributed by atoms with Crippen molar-refractivity contribution in [3.05, 3.63) is 28.2 Å². The topological polar surface area (TPSA) is 64.4 Å². The number of rotatable bonds is 2. The van der Waals surface area contributed by atoms with E-state index < -0.39 is 0 Å². The predicted molar refractivity (Wildman–Crippen MR) is 59.0 cm³/mol. The highest BCUT2D eigenvalue weighted by Crippen LogP contribution is 2.26. The van der Waals surface area contributed by atoms with Crippen LogP contribution in [0.2, 0.25) is 0 Å².